The summed E-state index contributed by atoms with van der Waals surface area (Å²) in [6.07, 6.45) is 1.00. The van der Waals surface area contributed by atoms with E-state index in [4.69, 9.17) is 30.8 Å². The minimum atomic E-state index is -0.544. The van der Waals surface area contributed by atoms with Crippen LogP contribution >= 0.6 is 23.4 Å². The van der Waals surface area contributed by atoms with Crippen molar-refractivity contribution in [3.05, 3.63) is 69.9 Å². The zero-order chi connectivity index (χ0) is 27.2. The van der Waals surface area contributed by atoms with Gasteiger partial charge < -0.3 is 14.2 Å². The van der Waals surface area contributed by atoms with Gasteiger partial charge in [0.05, 0.1) is 25.2 Å². The first-order valence-electron chi connectivity index (χ1n) is 13.0. The van der Waals surface area contributed by atoms with Crippen LogP contribution in [-0.2, 0) is 14.3 Å². The third-order valence-electron chi connectivity index (χ3n) is 7.03. The van der Waals surface area contributed by atoms with E-state index in [-0.39, 0.29) is 11.7 Å². The van der Waals surface area contributed by atoms with E-state index in [0.29, 0.717) is 53.8 Å². The summed E-state index contributed by atoms with van der Waals surface area (Å²) in [6, 6.07) is 13.3. The number of fused-ring (bicyclic) bond motifs is 1. The van der Waals surface area contributed by atoms with Gasteiger partial charge in [0.25, 0.3) is 0 Å². The zero-order valence-electron chi connectivity index (χ0n) is 22.3. The van der Waals surface area contributed by atoms with Gasteiger partial charge in [-0.05, 0) is 67.3 Å². The second-order valence-corrected chi connectivity index (χ2v) is 11.2. The number of methoxy groups -OCH3 is 1. The lowest BCUT2D eigenvalue weighted by atomic mass is 9.66. The molecule has 6 nitrogen and oxygen atoms in total. The van der Waals surface area contributed by atoms with Crippen LogP contribution < -0.4 is 9.47 Å². The van der Waals surface area contributed by atoms with Crippen LogP contribution in [0.4, 0.5) is 0 Å². The number of hydrogen-bond acceptors (Lipinski definition) is 7. The number of ketones is 1. The molecule has 1 aliphatic carbocycles. The minimum absolute atomic E-state index is 0.0117. The summed E-state index contributed by atoms with van der Waals surface area (Å²) in [6.45, 7) is 6.61. The fourth-order valence-electron chi connectivity index (χ4n) is 5.34. The Labute approximate surface area is 233 Å². The molecule has 1 aliphatic heterocycles. The highest BCUT2D eigenvalue weighted by atomic mass is 35.5. The molecular formula is C30H34ClNO5S. The first-order valence-corrected chi connectivity index (χ1v) is 14.5. The minimum Gasteiger partial charge on any atom is -0.493 e. The highest BCUT2D eigenvalue weighted by Gasteiger charge is 2.46. The normalized spacial score (nSPS) is 21.0. The first kappa shape index (κ1) is 28.2. The van der Waals surface area contributed by atoms with E-state index in [1.807, 2.05) is 56.3 Å². The van der Waals surface area contributed by atoms with E-state index in [1.54, 1.807) is 18.9 Å². The molecule has 8 heteroatoms. The topological polar surface area (TPSA) is 74.2 Å². The highest BCUT2D eigenvalue weighted by Crippen LogP contribution is 2.47. The Kier molecular flexibility index (Phi) is 9.55. The Balaban J connectivity index is 1.75. The van der Waals surface area contributed by atoms with Gasteiger partial charge in [-0.15, -0.1) is 0 Å². The number of carbonyl (C=O) groups excluding carboxylic acids is 2. The van der Waals surface area contributed by atoms with Crippen LogP contribution in [0, 0.1) is 5.92 Å². The number of aliphatic imine (C=N–C) groups is 1. The van der Waals surface area contributed by atoms with Crippen LogP contribution in [-0.4, -0.2) is 49.3 Å². The zero-order valence-corrected chi connectivity index (χ0v) is 23.9. The molecule has 1 unspecified atom stereocenters. The SMILES string of the molecule is CCOc1ccc([C@@H]2C(C(=O)OCCSCC)=C(C)N=C3C[C@H](c4ccc(Cl)cc4)CC(=O)C32)cc1OC. The van der Waals surface area contributed by atoms with Gasteiger partial charge in [0.15, 0.2) is 11.5 Å². The van der Waals surface area contributed by atoms with Crippen LogP contribution in [0.15, 0.2) is 58.7 Å². The van der Waals surface area contributed by atoms with E-state index in [0.717, 1.165) is 28.3 Å². The molecule has 2 aliphatic rings. The number of esters is 1. The van der Waals surface area contributed by atoms with E-state index >= 15 is 0 Å². The monoisotopic (exact) mass is 555 g/mol. The quantitative estimate of drug-likeness (QED) is 0.242. The summed E-state index contributed by atoms with van der Waals surface area (Å²) in [4.78, 5) is 32.1. The first-order chi connectivity index (χ1) is 18.4. The van der Waals surface area contributed by atoms with Gasteiger partial charge in [0.2, 0.25) is 0 Å². The van der Waals surface area contributed by atoms with E-state index < -0.39 is 17.8 Å². The Morgan fingerprint density at radius 2 is 1.79 bits per heavy atom. The summed E-state index contributed by atoms with van der Waals surface area (Å²) in [5, 5.41) is 0.660. The number of rotatable bonds is 10. The Morgan fingerprint density at radius 1 is 1.05 bits per heavy atom. The number of Topliss-reactive ketones (excluding diaryl/α,β-unsaturated/α-hetero) is 1. The molecule has 38 heavy (non-hydrogen) atoms. The van der Waals surface area contributed by atoms with Gasteiger partial charge >= 0.3 is 5.97 Å². The van der Waals surface area contributed by atoms with Crippen LogP contribution in [0.25, 0.3) is 0 Å². The van der Waals surface area contributed by atoms with Crippen molar-refractivity contribution in [2.45, 2.75) is 45.4 Å². The summed E-state index contributed by atoms with van der Waals surface area (Å²) in [7, 11) is 1.58. The van der Waals surface area contributed by atoms with Crippen LogP contribution in [0.5, 0.6) is 11.5 Å². The third kappa shape index (κ3) is 6.10. The number of benzene rings is 2. The number of halogens is 1. The van der Waals surface area contributed by atoms with E-state index in [2.05, 4.69) is 6.92 Å². The Morgan fingerprint density at radius 3 is 2.47 bits per heavy atom. The summed E-state index contributed by atoms with van der Waals surface area (Å²) >= 11 is 7.80. The highest BCUT2D eigenvalue weighted by molar-refractivity contribution is 7.99. The maximum atomic E-state index is 13.8. The predicted octanol–water partition coefficient (Wildman–Crippen LogP) is 6.62. The second-order valence-electron chi connectivity index (χ2n) is 9.36. The molecular weight excluding hydrogens is 522 g/mol. The van der Waals surface area contributed by atoms with Crippen molar-refractivity contribution in [3.63, 3.8) is 0 Å². The molecule has 3 atom stereocenters. The molecule has 202 valence electrons. The van der Waals surface area contributed by atoms with Gasteiger partial charge in [-0.25, -0.2) is 4.79 Å². The van der Waals surface area contributed by atoms with E-state index in [9.17, 15) is 9.59 Å². The molecule has 0 aromatic heterocycles. The van der Waals surface area contributed by atoms with Crippen LogP contribution in [0.2, 0.25) is 5.02 Å². The number of thioether (sulfide) groups is 1. The number of allylic oxidation sites excluding steroid dienone is 1. The molecule has 2 aromatic rings. The average Bonchev–Trinajstić information content (AvgIpc) is 2.91. The van der Waals surface area contributed by atoms with Crippen molar-refractivity contribution in [3.8, 4) is 11.5 Å². The van der Waals surface area contributed by atoms with Crippen LogP contribution in [0.1, 0.15) is 56.6 Å². The molecule has 0 N–H and O–H groups in total. The molecule has 1 saturated carbocycles. The maximum Gasteiger partial charge on any atom is 0.336 e. The molecule has 0 radical (unpaired) electrons. The summed E-state index contributed by atoms with van der Waals surface area (Å²) in [5.74, 6) is 1.43. The number of carbonyl (C=O) groups is 2. The van der Waals surface area contributed by atoms with Crippen molar-refractivity contribution in [2.24, 2.45) is 10.9 Å². The van der Waals surface area contributed by atoms with Crippen molar-refractivity contribution in [2.75, 3.05) is 31.8 Å². The lowest BCUT2D eigenvalue weighted by molar-refractivity contribution is -0.139. The average molecular weight is 556 g/mol. The fraction of sp³-hybridized carbons (Fsp3) is 0.433. The van der Waals surface area contributed by atoms with Gasteiger partial charge in [-0.3, -0.25) is 9.79 Å². The molecule has 0 spiro atoms. The van der Waals surface area contributed by atoms with Crippen LogP contribution in [0.3, 0.4) is 0 Å². The molecule has 0 amide bonds. The van der Waals surface area contributed by atoms with Gasteiger partial charge in [-0.2, -0.15) is 11.8 Å². The fourth-order valence-corrected chi connectivity index (χ4v) is 5.96. The number of nitrogens with zero attached hydrogens (tertiary/aromatic N) is 1. The number of ether oxygens (including phenoxy) is 3. The molecule has 0 bridgehead atoms. The van der Waals surface area contributed by atoms with Crippen molar-refractivity contribution in [1.82, 2.24) is 0 Å². The number of hydrogen-bond donors (Lipinski definition) is 0. The maximum absolute atomic E-state index is 13.8. The molecule has 1 heterocycles. The lowest BCUT2D eigenvalue weighted by Gasteiger charge is -2.38. The van der Waals surface area contributed by atoms with E-state index in [1.165, 1.54) is 0 Å². The van der Waals surface area contributed by atoms with Crippen molar-refractivity contribution in [1.29, 1.82) is 0 Å². The lowest BCUT2D eigenvalue weighted by Crippen LogP contribution is -2.41. The summed E-state index contributed by atoms with van der Waals surface area (Å²) < 4.78 is 17.0. The Hall–Kier alpha value is -2.77. The largest absolute Gasteiger partial charge is 0.493 e. The second kappa shape index (κ2) is 12.9. The summed E-state index contributed by atoms with van der Waals surface area (Å²) in [5.41, 5.74) is 3.69. The molecule has 0 saturated heterocycles. The molecule has 2 aromatic carbocycles. The predicted molar refractivity (Wildman–Crippen MR) is 153 cm³/mol. The van der Waals surface area contributed by atoms with Crippen molar-refractivity contribution < 1.29 is 23.8 Å². The smallest absolute Gasteiger partial charge is 0.336 e. The molecule has 4 rings (SSSR count). The van der Waals surface area contributed by atoms with Gasteiger partial charge in [0.1, 0.15) is 12.4 Å². The standard InChI is InChI=1S/C30H34ClNO5S/c1-5-36-25-12-9-20(17-26(25)35-4)28-27(30(34)37-13-14-38-6-2)18(3)32-23-15-21(16-24(33)29(23)28)19-7-10-22(31)11-8-19/h7-12,17,21,28-29H,5-6,13-16H2,1-4H3/t21-,28+,29?/m0/s1. The molecule has 1 fully saturated rings. The third-order valence-corrected chi connectivity index (χ3v) is 8.14. The Bertz CT molecular complexity index is 1240. The van der Waals surface area contributed by atoms with Gasteiger partial charge in [-0.1, -0.05) is 36.7 Å². The van der Waals surface area contributed by atoms with Crippen molar-refractivity contribution >= 4 is 40.8 Å². The van der Waals surface area contributed by atoms with Gasteiger partial charge in [0, 0.05) is 34.5 Å².